The third-order valence-corrected chi connectivity index (χ3v) is 11.3. The molecule has 0 unspecified atom stereocenters. The summed E-state index contributed by atoms with van der Waals surface area (Å²) in [6, 6.07) is 40.3. The van der Waals surface area contributed by atoms with E-state index in [0.717, 1.165) is 28.7 Å². The molecule has 0 amide bonds. The number of fused-ring (bicyclic) bond motifs is 2. The zero-order valence-electron chi connectivity index (χ0n) is 29.9. The molecule has 2 bridgehead atoms. The number of carbonyl (C=O) groups is 1. The van der Waals surface area contributed by atoms with Crippen molar-refractivity contribution in [2.45, 2.75) is 96.3 Å². The number of ether oxygens (including phenoxy) is 6. The number of hydrogen-bond acceptors (Lipinski definition) is 7. The highest BCUT2D eigenvalue weighted by Gasteiger charge is 2.65. The predicted molar refractivity (Wildman–Crippen MR) is 194 cm³/mol. The van der Waals surface area contributed by atoms with E-state index in [1.165, 1.54) is 0 Å². The Hall–Kier alpha value is -3.69. The molecular weight excluding hydrogens is 640 g/mol. The Kier molecular flexibility index (Phi) is 11.1. The summed E-state index contributed by atoms with van der Waals surface area (Å²) in [7, 11) is 0. The van der Waals surface area contributed by atoms with Gasteiger partial charge in [0.05, 0.1) is 33.0 Å². The third kappa shape index (κ3) is 8.05. The van der Waals surface area contributed by atoms with Gasteiger partial charge < -0.3 is 28.4 Å². The van der Waals surface area contributed by atoms with Crippen LogP contribution >= 0.6 is 0 Å². The predicted octanol–water partition coefficient (Wildman–Crippen LogP) is 8.09. The van der Waals surface area contributed by atoms with Crippen molar-refractivity contribution < 1.29 is 33.2 Å². The van der Waals surface area contributed by atoms with Crippen molar-refractivity contribution in [3.8, 4) is 0 Å². The zero-order chi connectivity index (χ0) is 35.3. The average molecular weight is 691 g/mol. The van der Waals surface area contributed by atoms with Gasteiger partial charge in [-0.25, -0.2) is 0 Å². The van der Waals surface area contributed by atoms with E-state index in [0.29, 0.717) is 38.8 Å². The van der Waals surface area contributed by atoms with Crippen LogP contribution in [0.2, 0.25) is 0 Å². The van der Waals surface area contributed by atoms with Crippen molar-refractivity contribution in [3.05, 3.63) is 144 Å². The van der Waals surface area contributed by atoms with E-state index in [4.69, 9.17) is 28.4 Å². The third-order valence-electron chi connectivity index (χ3n) is 11.3. The van der Waals surface area contributed by atoms with Crippen LogP contribution in [0.25, 0.3) is 0 Å². The number of Topliss-reactive ketones (excluding diaryl/α,β-unsaturated/α-hetero) is 1. The molecule has 4 fully saturated rings. The van der Waals surface area contributed by atoms with Gasteiger partial charge in [-0.2, -0.15) is 0 Å². The Morgan fingerprint density at radius 3 is 1.55 bits per heavy atom. The minimum atomic E-state index is -1.03. The maximum Gasteiger partial charge on any atom is 0.188 e. The van der Waals surface area contributed by atoms with Crippen LogP contribution in [0.1, 0.15) is 55.9 Å². The van der Waals surface area contributed by atoms with E-state index >= 15 is 0 Å². The summed E-state index contributed by atoms with van der Waals surface area (Å²) in [5, 5.41) is 0. The first kappa shape index (κ1) is 35.7. The van der Waals surface area contributed by atoms with Gasteiger partial charge in [-0.05, 0) is 46.9 Å². The summed E-state index contributed by atoms with van der Waals surface area (Å²) >= 11 is 0. The molecule has 4 aromatic carbocycles. The normalized spacial score (nSPS) is 29.7. The van der Waals surface area contributed by atoms with Crippen molar-refractivity contribution in [2.24, 2.45) is 17.3 Å². The van der Waals surface area contributed by atoms with Crippen LogP contribution in [0.4, 0.5) is 0 Å². The van der Waals surface area contributed by atoms with Crippen LogP contribution in [0, 0.1) is 17.3 Å². The maximum atomic E-state index is 13.8. The molecule has 1 aliphatic heterocycles. The highest BCUT2D eigenvalue weighted by molar-refractivity contribution is 5.89. The van der Waals surface area contributed by atoms with Gasteiger partial charge in [0.1, 0.15) is 30.0 Å². The van der Waals surface area contributed by atoms with Gasteiger partial charge in [0, 0.05) is 12.3 Å². The lowest BCUT2D eigenvalue weighted by molar-refractivity contribution is -0.357. The molecule has 7 heteroatoms. The van der Waals surface area contributed by atoms with Gasteiger partial charge in [0.25, 0.3) is 0 Å². The van der Waals surface area contributed by atoms with Crippen LogP contribution in [0.3, 0.4) is 0 Å². The molecule has 7 nitrogen and oxygen atoms in total. The lowest BCUT2D eigenvalue weighted by Gasteiger charge is -2.63. The average Bonchev–Trinajstić information content (AvgIpc) is 3.15. The van der Waals surface area contributed by atoms with Gasteiger partial charge in [0.2, 0.25) is 0 Å². The highest BCUT2D eigenvalue weighted by atomic mass is 16.7. The van der Waals surface area contributed by atoms with Gasteiger partial charge >= 0.3 is 0 Å². The molecule has 0 aromatic heterocycles. The number of rotatable bonds is 15. The molecule has 4 aromatic rings. The molecule has 8 atom stereocenters. The maximum absolute atomic E-state index is 13.8. The van der Waals surface area contributed by atoms with E-state index < -0.39 is 36.3 Å². The Balaban J connectivity index is 1.23. The molecule has 1 saturated heterocycles. The van der Waals surface area contributed by atoms with Gasteiger partial charge in [-0.1, -0.05) is 135 Å². The minimum absolute atomic E-state index is 0.0134. The summed E-state index contributed by atoms with van der Waals surface area (Å²) in [5.74, 6) is 0.564. The topological polar surface area (TPSA) is 72.5 Å². The van der Waals surface area contributed by atoms with Crippen LogP contribution in [0.15, 0.2) is 121 Å². The van der Waals surface area contributed by atoms with Gasteiger partial charge in [-0.3, -0.25) is 4.79 Å². The van der Waals surface area contributed by atoms with E-state index in [1.54, 1.807) is 0 Å². The molecule has 0 radical (unpaired) electrons. The summed E-state index contributed by atoms with van der Waals surface area (Å²) in [4.78, 5) is 13.8. The standard InChI is InChI=1S/C44H50O7/c1-43(2)35-24-37(43)44(3,38(45)25-35)51-42-41(49-29-34-22-14-7-15-23-34)40(48-28-33-20-12-6-13-21-33)39(47-27-32-18-10-5-11-19-32)36(50-42)30-46-26-31-16-8-4-9-17-31/h4-23,35-37,39-42H,24-30H2,1-3H3/t35-,36+,37-,39+,40-,41+,42-,44-/m0/s1. The second-order valence-corrected chi connectivity index (χ2v) is 15.0. The molecule has 3 saturated carbocycles. The number of carbonyl (C=O) groups excluding carboxylic acids is 1. The molecule has 3 aliphatic carbocycles. The number of ketones is 1. The number of hydrogen-bond donors (Lipinski definition) is 0. The first-order chi connectivity index (χ1) is 24.8. The first-order valence-electron chi connectivity index (χ1n) is 18.3. The minimum Gasteiger partial charge on any atom is -0.374 e. The molecule has 8 rings (SSSR count). The first-order valence-corrected chi connectivity index (χ1v) is 18.3. The Bertz CT molecular complexity index is 1680. The highest BCUT2D eigenvalue weighted by Crippen LogP contribution is 2.63. The van der Waals surface area contributed by atoms with Crippen molar-refractivity contribution in [1.29, 1.82) is 0 Å². The Morgan fingerprint density at radius 2 is 1.06 bits per heavy atom. The Labute approximate surface area is 302 Å². The van der Waals surface area contributed by atoms with E-state index in [1.807, 2.05) is 128 Å². The molecule has 0 spiro atoms. The second kappa shape index (κ2) is 15.9. The molecule has 268 valence electrons. The Morgan fingerprint density at radius 1 is 0.608 bits per heavy atom. The largest absolute Gasteiger partial charge is 0.374 e. The molecular formula is C44H50O7. The quantitative estimate of drug-likeness (QED) is 0.125. The lowest BCUT2D eigenvalue weighted by Crippen LogP contribution is -2.69. The van der Waals surface area contributed by atoms with E-state index in [9.17, 15) is 4.79 Å². The van der Waals surface area contributed by atoms with Gasteiger partial charge in [0.15, 0.2) is 12.1 Å². The number of benzene rings is 4. The smallest absolute Gasteiger partial charge is 0.188 e. The van der Waals surface area contributed by atoms with Crippen LogP contribution < -0.4 is 0 Å². The second-order valence-electron chi connectivity index (χ2n) is 15.0. The summed E-state index contributed by atoms with van der Waals surface area (Å²) in [5.41, 5.74) is 3.08. The van der Waals surface area contributed by atoms with Crippen LogP contribution in [-0.4, -0.2) is 48.7 Å². The van der Waals surface area contributed by atoms with E-state index in [-0.39, 0.29) is 23.7 Å². The van der Waals surface area contributed by atoms with Crippen molar-refractivity contribution in [1.82, 2.24) is 0 Å². The molecule has 0 N–H and O–H groups in total. The van der Waals surface area contributed by atoms with Crippen molar-refractivity contribution >= 4 is 5.78 Å². The fourth-order valence-corrected chi connectivity index (χ4v) is 8.15. The van der Waals surface area contributed by atoms with Crippen molar-refractivity contribution in [3.63, 3.8) is 0 Å². The lowest BCUT2D eigenvalue weighted by atomic mass is 9.44. The van der Waals surface area contributed by atoms with Gasteiger partial charge in [-0.15, -0.1) is 0 Å². The van der Waals surface area contributed by atoms with E-state index in [2.05, 4.69) is 13.8 Å². The molecule has 51 heavy (non-hydrogen) atoms. The monoisotopic (exact) mass is 690 g/mol. The SMILES string of the molecule is CC1(C)[C@@H]2CC(=O)[C@@](C)(O[C@@H]3O[C@H](COCc4ccccc4)[C@@H](OCc4ccccc4)[C@H](OCc4ccccc4)[C@H]3OCc3ccccc3)[C@H]1C2. The van der Waals surface area contributed by atoms with Crippen LogP contribution in [-0.2, 0) is 59.6 Å². The fourth-order valence-electron chi connectivity index (χ4n) is 8.15. The summed E-state index contributed by atoms with van der Waals surface area (Å²) in [6.45, 7) is 8.09. The summed E-state index contributed by atoms with van der Waals surface area (Å²) < 4.78 is 40.7. The fraction of sp³-hybridized carbons (Fsp3) is 0.432. The zero-order valence-corrected chi connectivity index (χ0v) is 29.9. The van der Waals surface area contributed by atoms with Crippen molar-refractivity contribution in [2.75, 3.05) is 6.61 Å². The molecule has 4 aliphatic rings. The van der Waals surface area contributed by atoms with Crippen LogP contribution in [0.5, 0.6) is 0 Å². The summed E-state index contributed by atoms with van der Waals surface area (Å²) in [6.07, 6.45) is -1.95. The molecule has 1 heterocycles.